The maximum Gasteiger partial charge on any atom is 0.166 e. The van der Waals surface area contributed by atoms with Crippen molar-refractivity contribution in [2.24, 2.45) is 0 Å². The number of para-hydroxylation sites is 2. The number of benzene rings is 7. The van der Waals surface area contributed by atoms with E-state index in [1.165, 1.54) is 20.2 Å². The van der Waals surface area contributed by atoms with E-state index in [0.29, 0.717) is 39.8 Å². The standard InChI is InChI=1S/C46H25N5OS/c47-26-29-23-37(51-35-20-10-7-17-30(35)33-24-34-31-18-9-12-22-39(31)53-40(34)25-36(33)51)43-42(32-19-8-11-21-38(32)52-43)41(29)46-49-44(27-13-3-1-4-14-27)48-45(50-46)28-15-5-2-6-16-28/h1-25H. The molecule has 0 N–H and O–H groups in total. The van der Waals surface area contributed by atoms with E-state index in [4.69, 9.17) is 19.4 Å². The van der Waals surface area contributed by atoms with Gasteiger partial charge in [0, 0.05) is 58.4 Å². The van der Waals surface area contributed by atoms with Crippen LogP contribution in [-0.2, 0) is 0 Å². The zero-order valence-corrected chi connectivity index (χ0v) is 28.8. The van der Waals surface area contributed by atoms with Crippen molar-refractivity contribution in [3.8, 4) is 45.9 Å². The van der Waals surface area contributed by atoms with Gasteiger partial charge in [0.2, 0.25) is 0 Å². The molecule has 4 heterocycles. The Morgan fingerprint density at radius 2 is 1.15 bits per heavy atom. The average Bonchev–Trinajstić information content (AvgIpc) is 3.89. The number of fused-ring (bicyclic) bond motifs is 9. The van der Waals surface area contributed by atoms with Crippen LogP contribution in [0.25, 0.3) is 104 Å². The van der Waals surface area contributed by atoms with E-state index in [2.05, 4.69) is 71.3 Å². The molecule has 0 bridgehead atoms. The Labute approximate surface area is 306 Å². The number of rotatable bonds is 4. The first-order chi connectivity index (χ1) is 26.2. The van der Waals surface area contributed by atoms with Gasteiger partial charge in [0.1, 0.15) is 5.58 Å². The molecule has 0 aliphatic heterocycles. The normalized spacial score (nSPS) is 11.8. The van der Waals surface area contributed by atoms with E-state index in [1.807, 2.05) is 91.0 Å². The largest absolute Gasteiger partial charge is 0.454 e. The van der Waals surface area contributed by atoms with Gasteiger partial charge in [-0.3, -0.25) is 0 Å². The first-order valence-electron chi connectivity index (χ1n) is 17.3. The summed E-state index contributed by atoms with van der Waals surface area (Å²) in [5, 5.41) is 17.5. The Morgan fingerprint density at radius 3 is 1.89 bits per heavy atom. The Balaban J connectivity index is 1.26. The van der Waals surface area contributed by atoms with Crippen LogP contribution in [-0.4, -0.2) is 19.5 Å². The molecular weight excluding hydrogens is 671 g/mol. The summed E-state index contributed by atoms with van der Waals surface area (Å²) < 4.78 is 11.5. The van der Waals surface area contributed by atoms with Crippen LogP contribution in [0.5, 0.6) is 0 Å². The van der Waals surface area contributed by atoms with Crippen molar-refractivity contribution < 1.29 is 4.42 Å². The fourth-order valence-corrected chi connectivity index (χ4v) is 8.86. The second-order valence-corrected chi connectivity index (χ2v) is 14.2. The summed E-state index contributed by atoms with van der Waals surface area (Å²) in [6, 6.07) is 53.9. The molecule has 11 aromatic rings. The monoisotopic (exact) mass is 695 g/mol. The highest BCUT2D eigenvalue weighted by Crippen LogP contribution is 2.45. The molecule has 4 aromatic heterocycles. The lowest BCUT2D eigenvalue weighted by Crippen LogP contribution is -2.03. The predicted octanol–water partition coefficient (Wildman–Crippen LogP) is 12.1. The van der Waals surface area contributed by atoms with E-state index >= 15 is 0 Å². The maximum atomic E-state index is 11.0. The SMILES string of the molecule is N#Cc1cc(-n2c3ccccc3c3cc4c(cc32)sc2ccccc24)c2oc3ccccc3c2c1-c1nc(-c2ccccc2)nc(-c2ccccc2)n1. The van der Waals surface area contributed by atoms with Gasteiger partial charge in [-0.15, -0.1) is 11.3 Å². The van der Waals surface area contributed by atoms with Crippen molar-refractivity contribution in [2.75, 3.05) is 0 Å². The van der Waals surface area contributed by atoms with Gasteiger partial charge in [-0.05, 0) is 36.4 Å². The summed E-state index contributed by atoms with van der Waals surface area (Å²) in [6.45, 7) is 0. The first-order valence-corrected chi connectivity index (χ1v) is 18.2. The van der Waals surface area contributed by atoms with Crippen LogP contribution in [0.4, 0.5) is 0 Å². The molecule has 7 heteroatoms. The minimum atomic E-state index is 0.409. The number of nitrogens with zero attached hydrogens (tertiary/aromatic N) is 5. The molecule has 246 valence electrons. The summed E-state index contributed by atoms with van der Waals surface area (Å²) in [7, 11) is 0. The van der Waals surface area contributed by atoms with Gasteiger partial charge in [-0.2, -0.15) is 5.26 Å². The molecule has 6 nitrogen and oxygen atoms in total. The van der Waals surface area contributed by atoms with Gasteiger partial charge in [-0.1, -0.05) is 115 Å². The van der Waals surface area contributed by atoms with Crippen molar-refractivity contribution in [3.63, 3.8) is 0 Å². The van der Waals surface area contributed by atoms with Gasteiger partial charge >= 0.3 is 0 Å². The second kappa shape index (κ2) is 11.4. The number of hydrogen-bond donors (Lipinski definition) is 0. The molecule has 53 heavy (non-hydrogen) atoms. The molecule has 0 unspecified atom stereocenters. The Bertz CT molecular complexity index is 3240. The number of nitriles is 1. The summed E-state index contributed by atoms with van der Waals surface area (Å²) >= 11 is 1.79. The number of hydrogen-bond acceptors (Lipinski definition) is 6. The highest BCUT2D eigenvalue weighted by Gasteiger charge is 2.26. The van der Waals surface area contributed by atoms with E-state index in [0.717, 1.165) is 49.4 Å². The lowest BCUT2D eigenvalue weighted by molar-refractivity contribution is 0.666. The summed E-state index contributed by atoms with van der Waals surface area (Å²) in [5.74, 6) is 1.46. The van der Waals surface area contributed by atoms with E-state index in [-0.39, 0.29) is 0 Å². The lowest BCUT2D eigenvalue weighted by Gasteiger charge is -2.14. The third-order valence-electron chi connectivity index (χ3n) is 10.1. The van der Waals surface area contributed by atoms with Gasteiger partial charge in [0.25, 0.3) is 0 Å². The molecule has 0 radical (unpaired) electrons. The third-order valence-corrected chi connectivity index (χ3v) is 11.2. The second-order valence-electron chi connectivity index (χ2n) is 13.1. The number of thiophene rings is 1. The van der Waals surface area contributed by atoms with Crippen molar-refractivity contribution >= 4 is 75.3 Å². The molecule has 0 aliphatic carbocycles. The smallest absolute Gasteiger partial charge is 0.166 e. The summed E-state index contributed by atoms with van der Waals surface area (Å²) in [4.78, 5) is 15.1. The van der Waals surface area contributed by atoms with Crippen molar-refractivity contribution in [1.29, 1.82) is 5.26 Å². The van der Waals surface area contributed by atoms with Crippen LogP contribution >= 0.6 is 11.3 Å². The molecule has 0 amide bonds. The first kappa shape index (κ1) is 29.6. The van der Waals surface area contributed by atoms with Crippen molar-refractivity contribution in [2.45, 2.75) is 0 Å². The van der Waals surface area contributed by atoms with Gasteiger partial charge < -0.3 is 8.98 Å². The lowest BCUT2D eigenvalue weighted by atomic mass is 9.98. The quantitative estimate of drug-likeness (QED) is 0.183. The minimum absolute atomic E-state index is 0.409. The van der Waals surface area contributed by atoms with Crippen LogP contribution in [0.3, 0.4) is 0 Å². The van der Waals surface area contributed by atoms with Crippen molar-refractivity contribution in [1.82, 2.24) is 19.5 Å². The topological polar surface area (TPSA) is 80.5 Å². The van der Waals surface area contributed by atoms with E-state index in [1.54, 1.807) is 11.3 Å². The predicted molar refractivity (Wildman–Crippen MR) is 215 cm³/mol. The van der Waals surface area contributed by atoms with Gasteiger partial charge in [0.15, 0.2) is 23.1 Å². The highest BCUT2D eigenvalue weighted by molar-refractivity contribution is 7.25. The molecule has 0 spiro atoms. The van der Waals surface area contributed by atoms with Gasteiger partial charge in [0.05, 0.1) is 28.4 Å². The molecule has 0 atom stereocenters. The van der Waals surface area contributed by atoms with Crippen molar-refractivity contribution in [3.05, 3.63) is 157 Å². The molecule has 0 saturated carbocycles. The van der Waals surface area contributed by atoms with Gasteiger partial charge in [-0.25, -0.2) is 15.0 Å². The van der Waals surface area contributed by atoms with Crippen LogP contribution in [0.1, 0.15) is 5.56 Å². The molecule has 0 fully saturated rings. The van der Waals surface area contributed by atoms with Crippen LogP contribution in [0, 0.1) is 11.3 Å². The number of aromatic nitrogens is 4. The third kappa shape index (κ3) is 4.46. The van der Waals surface area contributed by atoms with E-state index < -0.39 is 0 Å². The average molecular weight is 696 g/mol. The summed E-state index contributed by atoms with van der Waals surface area (Å²) in [5.41, 5.74) is 6.99. The van der Waals surface area contributed by atoms with E-state index in [9.17, 15) is 5.26 Å². The molecule has 0 aliphatic rings. The zero-order chi connectivity index (χ0) is 35.0. The summed E-state index contributed by atoms with van der Waals surface area (Å²) in [6.07, 6.45) is 0. The maximum absolute atomic E-state index is 11.0. The minimum Gasteiger partial charge on any atom is -0.454 e. The fourth-order valence-electron chi connectivity index (χ4n) is 7.74. The fraction of sp³-hybridized carbons (Fsp3) is 0. The number of furan rings is 1. The molecular formula is C46H25N5OS. The van der Waals surface area contributed by atoms with Crippen LogP contribution < -0.4 is 0 Å². The molecule has 7 aromatic carbocycles. The highest BCUT2D eigenvalue weighted by atomic mass is 32.1. The Morgan fingerprint density at radius 1 is 0.528 bits per heavy atom. The Hall–Kier alpha value is -7.14. The molecule has 11 rings (SSSR count). The zero-order valence-electron chi connectivity index (χ0n) is 28.0. The van der Waals surface area contributed by atoms with Crippen LogP contribution in [0.2, 0.25) is 0 Å². The molecule has 0 saturated heterocycles. The Kier molecular flexibility index (Phi) is 6.38. The van der Waals surface area contributed by atoms with Crippen LogP contribution in [0.15, 0.2) is 156 Å².